The van der Waals surface area contributed by atoms with Crippen molar-refractivity contribution in [3.05, 3.63) is 119 Å². The van der Waals surface area contributed by atoms with Gasteiger partial charge in [-0.05, 0) is 42.5 Å². The number of methoxy groups -OCH3 is 1. The molecule has 0 aliphatic carbocycles. The van der Waals surface area contributed by atoms with Crippen LogP contribution in [0.1, 0.15) is 37.9 Å². The lowest BCUT2D eigenvalue weighted by Gasteiger charge is -2.20. The van der Waals surface area contributed by atoms with Gasteiger partial charge >= 0.3 is 5.97 Å². The second-order valence-electron chi connectivity index (χ2n) is 8.46. The number of fused-ring (bicyclic) bond motifs is 2. The summed E-state index contributed by atoms with van der Waals surface area (Å²) in [5, 5.41) is 2.72. The van der Waals surface area contributed by atoms with Crippen LogP contribution in [0.3, 0.4) is 0 Å². The van der Waals surface area contributed by atoms with Gasteiger partial charge in [0.05, 0.1) is 22.5 Å². The van der Waals surface area contributed by atoms with Crippen LogP contribution in [-0.4, -0.2) is 33.2 Å². The summed E-state index contributed by atoms with van der Waals surface area (Å²) in [5.74, 6) is -1.47. The number of hydrogen-bond acceptors (Lipinski definition) is 7. The number of anilines is 1. The number of carbonyl (C=O) groups is 3. The quantitative estimate of drug-likeness (QED) is 0.321. The Morgan fingerprint density at radius 3 is 2.26 bits per heavy atom. The van der Waals surface area contributed by atoms with Gasteiger partial charge in [-0.3, -0.25) is 9.59 Å². The molecular weight excluding hydrogens is 506 g/mol. The first-order valence-electron chi connectivity index (χ1n) is 11.5. The van der Waals surface area contributed by atoms with Crippen LogP contribution in [0, 0.1) is 0 Å². The monoisotopic (exact) mass is 527 g/mol. The fraction of sp³-hybridized carbons (Fsp3) is 0.0690. The average molecular weight is 528 g/mol. The summed E-state index contributed by atoms with van der Waals surface area (Å²) in [6, 6.07) is 24.7. The number of amides is 1. The third kappa shape index (κ3) is 4.55. The highest BCUT2D eigenvalue weighted by atomic mass is 32.2. The Morgan fingerprint density at radius 2 is 1.50 bits per heavy atom. The number of ether oxygens (including phenoxy) is 2. The normalized spacial score (nSPS) is 14.0. The highest BCUT2D eigenvalue weighted by molar-refractivity contribution is 7.91. The van der Waals surface area contributed by atoms with E-state index in [1.807, 2.05) is 0 Å². The van der Waals surface area contributed by atoms with Crippen molar-refractivity contribution >= 4 is 33.2 Å². The molecule has 0 unspecified atom stereocenters. The van der Waals surface area contributed by atoms with Gasteiger partial charge in [0.25, 0.3) is 5.91 Å². The molecule has 0 fully saturated rings. The second-order valence-corrected chi connectivity index (χ2v) is 10.3. The van der Waals surface area contributed by atoms with Crippen molar-refractivity contribution in [1.82, 2.24) is 0 Å². The maximum absolute atomic E-state index is 13.2. The summed E-state index contributed by atoms with van der Waals surface area (Å²) in [7, 11) is -2.55. The van der Waals surface area contributed by atoms with Gasteiger partial charge in [-0.15, -0.1) is 0 Å². The van der Waals surface area contributed by atoms with E-state index < -0.39 is 33.6 Å². The minimum Gasteiger partial charge on any atom is -0.497 e. The minimum absolute atomic E-state index is 0.0318. The van der Waals surface area contributed by atoms with E-state index in [1.165, 1.54) is 37.4 Å². The molecule has 0 radical (unpaired) electrons. The fourth-order valence-corrected chi connectivity index (χ4v) is 5.87. The van der Waals surface area contributed by atoms with Crippen molar-refractivity contribution in [2.45, 2.75) is 15.9 Å². The largest absolute Gasteiger partial charge is 0.497 e. The third-order valence-electron chi connectivity index (χ3n) is 6.08. The molecule has 0 spiro atoms. The van der Waals surface area contributed by atoms with Crippen molar-refractivity contribution in [2.24, 2.45) is 0 Å². The summed E-state index contributed by atoms with van der Waals surface area (Å²) in [4.78, 5) is 38.9. The number of esters is 1. The highest BCUT2D eigenvalue weighted by Gasteiger charge is 2.35. The standard InChI is InChI=1S/C29H21NO7S/c1-36-21-11-7-10-20(17-21)30-28(32)27(18-8-3-2-4-9-18)37-29(33)19-14-15-23-25(16-19)38(34,35)24-13-6-5-12-22(24)26(23)31/h2-17,27H,1H3,(H,30,32)/t27-/m0/s1. The third-order valence-corrected chi connectivity index (χ3v) is 7.93. The van der Waals surface area contributed by atoms with E-state index >= 15 is 0 Å². The number of sulfone groups is 1. The van der Waals surface area contributed by atoms with Crippen molar-refractivity contribution in [3.63, 3.8) is 0 Å². The summed E-state index contributed by atoms with van der Waals surface area (Å²) in [5.41, 5.74) is 0.776. The van der Waals surface area contributed by atoms with Crippen LogP contribution in [0.2, 0.25) is 0 Å². The summed E-state index contributed by atoms with van der Waals surface area (Å²) < 4.78 is 37.3. The first-order chi connectivity index (χ1) is 18.3. The van der Waals surface area contributed by atoms with Crippen molar-refractivity contribution in [2.75, 3.05) is 12.4 Å². The number of nitrogens with one attached hydrogen (secondary N) is 1. The summed E-state index contributed by atoms with van der Waals surface area (Å²) in [6.07, 6.45) is -1.34. The van der Waals surface area contributed by atoms with Crippen LogP contribution in [0.15, 0.2) is 107 Å². The van der Waals surface area contributed by atoms with Gasteiger partial charge in [0.2, 0.25) is 15.9 Å². The number of benzene rings is 4. The first-order valence-corrected chi connectivity index (χ1v) is 13.0. The average Bonchev–Trinajstić information content (AvgIpc) is 2.95. The van der Waals surface area contributed by atoms with Crippen molar-refractivity contribution < 1.29 is 32.3 Å². The topological polar surface area (TPSA) is 116 Å². The van der Waals surface area contributed by atoms with E-state index in [0.717, 1.165) is 6.07 Å². The van der Waals surface area contributed by atoms with E-state index in [1.54, 1.807) is 60.7 Å². The predicted molar refractivity (Wildman–Crippen MR) is 138 cm³/mol. The maximum atomic E-state index is 13.2. The first kappa shape index (κ1) is 24.9. The Labute approximate surface area is 218 Å². The lowest BCUT2D eigenvalue weighted by atomic mass is 10.0. The number of carbonyl (C=O) groups excluding carboxylic acids is 3. The smallest absolute Gasteiger partial charge is 0.339 e. The minimum atomic E-state index is -4.05. The van der Waals surface area contributed by atoms with Crippen LogP contribution in [0.5, 0.6) is 5.75 Å². The Hall–Kier alpha value is -4.76. The van der Waals surface area contributed by atoms with Gasteiger partial charge in [-0.25, -0.2) is 13.2 Å². The molecule has 1 amide bonds. The number of ketones is 1. The van der Waals surface area contributed by atoms with Crippen LogP contribution >= 0.6 is 0 Å². The van der Waals surface area contributed by atoms with Crippen molar-refractivity contribution in [3.8, 4) is 5.75 Å². The predicted octanol–water partition coefficient (Wildman–Crippen LogP) is 4.61. The van der Waals surface area contributed by atoms with Crippen LogP contribution in [0.25, 0.3) is 0 Å². The summed E-state index contributed by atoms with van der Waals surface area (Å²) >= 11 is 0. The zero-order valence-corrected chi connectivity index (χ0v) is 20.9. The molecule has 190 valence electrons. The van der Waals surface area contributed by atoms with E-state index in [9.17, 15) is 22.8 Å². The molecule has 4 aromatic rings. The van der Waals surface area contributed by atoms with Gasteiger partial charge in [0.15, 0.2) is 5.78 Å². The lowest BCUT2D eigenvalue weighted by Crippen LogP contribution is -2.26. The van der Waals surface area contributed by atoms with Gasteiger partial charge in [0, 0.05) is 28.4 Å². The zero-order chi connectivity index (χ0) is 26.9. The lowest BCUT2D eigenvalue weighted by molar-refractivity contribution is -0.125. The molecule has 1 heterocycles. The molecule has 0 saturated heterocycles. The van der Waals surface area contributed by atoms with Crippen LogP contribution < -0.4 is 10.1 Å². The molecule has 9 heteroatoms. The van der Waals surface area contributed by atoms with Gasteiger partial charge < -0.3 is 14.8 Å². The molecule has 5 rings (SSSR count). The van der Waals surface area contributed by atoms with Gasteiger partial charge in [-0.2, -0.15) is 0 Å². The Kier molecular flexibility index (Phi) is 6.52. The van der Waals surface area contributed by atoms with E-state index in [0.29, 0.717) is 17.0 Å². The van der Waals surface area contributed by atoms with Crippen LogP contribution in [0.4, 0.5) is 5.69 Å². The van der Waals surface area contributed by atoms with Crippen molar-refractivity contribution in [1.29, 1.82) is 0 Å². The molecule has 1 N–H and O–H groups in total. The zero-order valence-electron chi connectivity index (χ0n) is 20.1. The maximum Gasteiger partial charge on any atom is 0.339 e. The highest BCUT2D eigenvalue weighted by Crippen LogP contribution is 2.35. The summed E-state index contributed by atoms with van der Waals surface area (Å²) in [6.45, 7) is 0. The Bertz CT molecular complexity index is 1680. The van der Waals surface area contributed by atoms with Gasteiger partial charge in [-0.1, -0.05) is 48.5 Å². The second kappa shape index (κ2) is 9.95. The molecule has 1 aliphatic heterocycles. The molecular formula is C29H21NO7S. The molecule has 0 saturated carbocycles. The Morgan fingerprint density at radius 1 is 0.789 bits per heavy atom. The van der Waals surface area contributed by atoms with E-state index in [-0.39, 0.29) is 26.5 Å². The van der Waals surface area contributed by atoms with Crippen LogP contribution in [-0.2, 0) is 19.4 Å². The SMILES string of the molecule is COc1cccc(NC(=O)[C@@H](OC(=O)c2ccc3c(c2)S(=O)(=O)c2ccccc2C3=O)c2ccccc2)c1. The van der Waals surface area contributed by atoms with Gasteiger partial charge in [0.1, 0.15) is 5.75 Å². The molecule has 0 aromatic heterocycles. The fourth-order valence-electron chi connectivity index (χ4n) is 4.20. The molecule has 1 atom stereocenters. The number of rotatable bonds is 6. The van der Waals surface area contributed by atoms with E-state index in [2.05, 4.69) is 5.32 Å². The molecule has 1 aliphatic rings. The van der Waals surface area contributed by atoms with E-state index in [4.69, 9.17) is 9.47 Å². The Balaban J connectivity index is 1.46. The number of hydrogen-bond donors (Lipinski definition) is 1. The molecule has 8 nitrogen and oxygen atoms in total. The molecule has 0 bridgehead atoms. The molecule has 38 heavy (non-hydrogen) atoms. The molecule has 4 aromatic carbocycles.